The molecule has 0 saturated carbocycles. The molecule has 2 unspecified atom stereocenters. The lowest BCUT2D eigenvalue weighted by Crippen LogP contribution is -2.42. The topological polar surface area (TPSA) is 40.1 Å². The van der Waals surface area contributed by atoms with Crippen LogP contribution >= 0.6 is 0 Å². The molecule has 4 rings (SSSR count). The molecule has 5 heteroatoms. The van der Waals surface area contributed by atoms with Crippen molar-refractivity contribution in [1.82, 2.24) is 15.1 Å². The van der Waals surface area contributed by atoms with Crippen LogP contribution in [0.5, 0.6) is 0 Å². The van der Waals surface area contributed by atoms with Gasteiger partial charge in [-0.1, -0.05) is 30.3 Å². The van der Waals surface area contributed by atoms with Gasteiger partial charge >= 0.3 is 0 Å². The Morgan fingerprint density at radius 1 is 1.19 bits per heavy atom. The highest BCUT2D eigenvalue weighted by Gasteiger charge is 2.42. The number of guanidine groups is 1. The van der Waals surface area contributed by atoms with Gasteiger partial charge in [0.15, 0.2) is 5.96 Å². The fraction of sp³-hybridized carbons (Fsp3) is 0.682. The van der Waals surface area contributed by atoms with Crippen molar-refractivity contribution in [1.29, 1.82) is 0 Å². The van der Waals surface area contributed by atoms with Crippen LogP contribution in [-0.2, 0) is 4.74 Å². The second kappa shape index (κ2) is 8.61. The summed E-state index contributed by atoms with van der Waals surface area (Å²) in [7, 11) is 0. The highest BCUT2D eigenvalue weighted by Crippen LogP contribution is 2.38. The first kappa shape index (κ1) is 18.8. The van der Waals surface area contributed by atoms with Crippen LogP contribution in [0.3, 0.4) is 0 Å². The van der Waals surface area contributed by atoms with Gasteiger partial charge < -0.3 is 15.0 Å². The number of likely N-dealkylation sites (tertiary alicyclic amines) is 2. The van der Waals surface area contributed by atoms with Gasteiger partial charge in [-0.25, -0.2) is 0 Å². The third kappa shape index (κ3) is 4.30. The zero-order valence-corrected chi connectivity index (χ0v) is 16.7. The lowest BCUT2D eigenvalue weighted by Gasteiger charge is -2.28. The van der Waals surface area contributed by atoms with Crippen LogP contribution in [0.15, 0.2) is 35.3 Å². The molecule has 3 aliphatic rings. The number of hydrogen-bond donors (Lipinski definition) is 1. The van der Waals surface area contributed by atoms with E-state index in [1.807, 2.05) is 0 Å². The maximum atomic E-state index is 5.70. The average Bonchev–Trinajstić information content (AvgIpc) is 3.46. The molecule has 2 atom stereocenters. The third-order valence-electron chi connectivity index (χ3n) is 6.44. The molecule has 0 bridgehead atoms. The van der Waals surface area contributed by atoms with E-state index >= 15 is 0 Å². The summed E-state index contributed by atoms with van der Waals surface area (Å²) in [5, 5.41) is 3.54. The highest BCUT2D eigenvalue weighted by molar-refractivity contribution is 5.80. The fourth-order valence-electron chi connectivity index (χ4n) is 4.85. The van der Waals surface area contributed by atoms with Crippen molar-refractivity contribution in [3.63, 3.8) is 0 Å². The van der Waals surface area contributed by atoms with Crippen molar-refractivity contribution < 1.29 is 4.74 Å². The molecule has 3 aliphatic heterocycles. The van der Waals surface area contributed by atoms with E-state index in [0.717, 1.165) is 45.4 Å². The summed E-state index contributed by atoms with van der Waals surface area (Å²) >= 11 is 0. The molecule has 5 nitrogen and oxygen atoms in total. The quantitative estimate of drug-likeness (QED) is 0.639. The van der Waals surface area contributed by atoms with Crippen LogP contribution in [-0.4, -0.2) is 68.2 Å². The largest absolute Gasteiger partial charge is 0.381 e. The van der Waals surface area contributed by atoms with Gasteiger partial charge in [-0.05, 0) is 51.3 Å². The Hall–Kier alpha value is -1.59. The molecular formula is C22H34N4O. The third-order valence-corrected chi connectivity index (χ3v) is 6.44. The van der Waals surface area contributed by atoms with Gasteiger partial charge in [0.1, 0.15) is 0 Å². The second-order valence-electron chi connectivity index (χ2n) is 8.34. The SMILES string of the molecule is CCNC(=NCC(c1ccccc1)N1CCCC1)N1CCC2(CCOC2)C1. The summed E-state index contributed by atoms with van der Waals surface area (Å²) in [5.41, 5.74) is 1.75. The molecule has 1 aromatic rings. The van der Waals surface area contributed by atoms with Crippen molar-refractivity contribution >= 4 is 5.96 Å². The number of aliphatic imine (C=N–C) groups is 1. The standard InChI is InChI=1S/C22H34N4O/c1-2-23-21(26-14-10-22(17-26)11-15-27-18-22)24-16-20(25-12-6-7-13-25)19-8-4-3-5-9-19/h3-5,8-9,20H,2,6-7,10-18H2,1H3,(H,23,24). The minimum atomic E-state index is 0.365. The fourth-order valence-corrected chi connectivity index (χ4v) is 4.85. The normalized spacial score (nSPS) is 27.6. The van der Waals surface area contributed by atoms with E-state index in [1.165, 1.54) is 44.3 Å². The molecule has 0 aromatic heterocycles. The van der Waals surface area contributed by atoms with Crippen LogP contribution in [0.25, 0.3) is 0 Å². The predicted molar refractivity (Wildman–Crippen MR) is 110 cm³/mol. The first-order valence-electron chi connectivity index (χ1n) is 10.7. The van der Waals surface area contributed by atoms with Crippen LogP contribution < -0.4 is 5.32 Å². The zero-order valence-electron chi connectivity index (χ0n) is 16.7. The summed E-state index contributed by atoms with van der Waals surface area (Å²) in [6.07, 6.45) is 5.04. The van der Waals surface area contributed by atoms with Gasteiger partial charge in [0.05, 0.1) is 19.2 Å². The van der Waals surface area contributed by atoms with E-state index in [4.69, 9.17) is 9.73 Å². The molecule has 0 radical (unpaired) electrons. The maximum absolute atomic E-state index is 5.70. The number of ether oxygens (including phenoxy) is 1. The Balaban J connectivity index is 1.49. The van der Waals surface area contributed by atoms with Gasteiger partial charge in [0.2, 0.25) is 0 Å². The first-order chi connectivity index (χ1) is 13.3. The maximum Gasteiger partial charge on any atom is 0.194 e. The zero-order chi connectivity index (χ0) is 18.5. The Morgan fingerprint density at radius 3 is 2.70 bits per heavy atom. The Bertz CT molecular complexity index is 620. The van der Waals surface area contributed by atoms with Crippen molar-refractivity contribution in [3.05, 3.63) is 35.9 Å². The summed E-state index contributed by atoms with van der Waals surface area (Å²) in [6, 6.07) is 11.3. The molecule has 0 aliphatic carbocycles. The highest BCUT2D eigenvalue weighted by atomic mass is 16.5. The summed E-state index contributed by atoms with van der Waals surface area (Å²) in [4.78, 5) is 10.2. The monoisotopic (exact) mass is 370 g/mol. The van der Waals surface area contributed by atoms with Gasteiger partial charge in [0.25, 0.3) is 0 Å². The van der Waals surface area contributed by atoms with E-state index in [9.17, 15) is 0 Å². The lowest BCUT2D eigenvalue weighted by molar-refractivity contribution is 0.156. The van der Waals surface area contributed by atoms with Crippen molar-refractivity contribution in [2.75, 3.05) is 52.5 Å². The van der Waals surface area contributed by atoms with Gasteiger partial charge in [-0.3, -0.25) is 9.89 Å². The molecule has 3 heterocycles. The van der Waals surface area contributed by atoms with E-state index < -0.39 is 0 Å². The van der Waals surface area contributed by atoms with Gasteiger partial charge in [0, 0.05) is 31.7 Å². The molecule has 0 amide bonds. The van der Waals surface area contributed by atoms with Crippen LogP contribution in [0.4, 0.5) is 0 Å². The molecule has 3 saturated heterocycles. The molecule has 27 heavy (non-hydrogen) atoms. The number of benzene rings is 1. The molecule has 3 fully saturated rings. The van der Waals surface area contributed by atoms with Crippen molar-refractivity contribution in [2.24, 2.45) is 10.4 Å². The summed E-state index contributed by atoms with van der Waals surface area (Å²) < 4.78 is 5.70. The van der Waals surface area contributed by atoms with Crippen LogP contribution in [0, 0.1) is 5.41 Å². The number of hydrogen-bond acceptors (Lipinski definition) is 3. The van der Waals surface area contributed by atoms with Crippen molar-refractivity contribution in [2.45, 2.75) is 38.6 Å². The van der Waals surface area contributed by atoms with Gasteiger partial charge in [-0.2, -0.15) is 0 Å². The Labute approximate surface area is 163 Å². The molecule has 1 spiro atoms. The second-order valence-corrected chi connectivity index (χ2v) is 8.34. The number of nitrogens with zero attached hydrogens (tertiary/aromatic N) is 3. The van der Waals surface area contributed by atoms with E-state index in [0.29, 0.717) is 11.5 Å². The summed E-state index contributed by atoms with van der Waals surface area (Å²) in [5.74, 6) is 1.08. The minimum Gasteiger partial charge on any atom is -0.381 e. The lowest BCUT2D eigenvalue weighted by atomic mass is 9.87. The number of nitrogens with one attached hydrogen (secondary N) is 1. The molecule has 1 aromatic carbocycles. The van der Waals surface area contributed by atoms with Crippen molar-refractivity contribution in [3.8, 4) is 0 Å². The average molecular weight is 371 g/mol. The Kier molecular flexibility index (Phi) is 5.98. The van der Waals surface area contributed by atoms with E-state index in [1.54, 1.807) is 0 Å². The Morgan fingerprint density at radius 2 is 2.00 bits per heavy atom. The summed E-state index contributed by atoms with van der Waals surface area (Å²) in [6.45, 7) is 10.3. The van der Waals surface area contributed by atoms with E-state index in [-0.39, 0.29) is 0 Å². The minimum absolute atomic E-state index is 0.365. The molecule has 1 N–H and O–H groups in total. The van der Waals surface area contributed by atoms with E-state index in [2.05, 4.69) is 52.4 Å². The van der Waals surface area contributed by atoms with Crippen LogP contribution in [0.2, 0.25) is 0 Å². The van der Waals surface area contributed by atoms with Gasteiger partial charge in [-0.15, -0.1) is 0 Å². The predicted octanol–water partition coefficient (Wildman–Crippen LogP) is 2.90. The smallest absolute Gasteiger partial charge is 0.194 e. The first-order valence-corrected chi connectivity index (χ1v) is 10.7. The molecular weight excluding hydrogens is 336 g/mol. The van der Waals surface area contributed by atoms with Crippen LogP contribution in [0.1, 0.15) is 44.2 Å². The number of rotatable bonds is 5. The molecule has 148 valence electrons.